The van der Waals surface area contributed by atoms with Gasteiger partial charge in [-0.05, 0) is 25.0 Å². The first-order valence-electron chi connectivity index (χ1n) is 7.13. The SMILES string of the molecule is CS(=O)(=O)C1CSCCN1c1ccc(CNC2CC2)nn1. The monoisotopic (exact) mass is 328 g/mol. The second kappa shape index (κ2) is 6.10. The largest absolute Gasteiger partial charge is 0.337 e. The highest BCUT2D eigenvalue weighted by molar-refractivity contribution is 8.01. The second-order valence-corrected chi connectivity index (χ2v) is 8.94. The van der Waals surface area contributed by atoms with Crippen LogP contribution in [0, 0.1) is 0 Å². The van der Waals surface area contributed by atoms with Gasteiger partial charge < -0.3 is 10.2 Å². The normalized spacial score (nSPS) is 23.3. The van der Waals surface area contributed by atoms with Crippen molar-refractivity contribution >= 4 is 27.4 Å². The Bertz CT molecular complexity index is 587. The highest BCUT2D eigenvalue weighted by atomic mass is 32.2. The Morgan fingerprint density at radius 3 is 2.81 bits per heavy atom. The molecule has 1 aliphatic carbocycles. The summed E-state index contributed by atoms with van der Waals surface area (Å²) in [7, 11) is -3.12. The first-order valence-corrected chi connectivity index (χ1v) is 10.2. The van der Waals surface area contributed by atoms with Gasteiger partial charge in [0.1, 0.15) is 5.37 Å². The maximum Gasteiger partial charge on any atom is 0.169 e. The summed E-state index contributed by atoms with van der Waals surface area (Å²) in [5.74, 6) is 2.16. The zero-order valence-electron chi connectivity index (χ0n) is 12.0. The van der Waals surface area contributed by atoms with Crippen LogP contribution in [-0.4, -0.2) is 54.3 Å². The van der Waals surface area contributed by atoms with Crippen molar-refractivity contribution in [2.75, 3.05) is 29.2 Å². The number of hydrogen-bond donors (Lipinski definition) is 1. The number of nitrogens with zero attached hydrogens (tertiary/aromatic N) is 3. The molecule has 0 spiro atoms. The third-order valence-corrected chi connectivity index (χ3v) is 6.37. The molecule has 1 aromatic heterocycles. The van der Waals surface area contributed by atoms with Crippen LogP contribution in [0.1, 0.15) is 18.5 Å². The fraction of sp³-hybridized carbons (Fsp3) is 0.692. The van der Waals surface area contributed by atoms with Crippen LogP contribution in [0.5, 0.6) is 0 Å². The van der Waals surface area contributed by atoms with Crippen LogP contribution >= 0.6 is 11.8 Å². The lowest BCUT2D eigenvalue weighted by Gasteiger charge is -2.34. The van der Waals surface area contributed by atoms with Crippen LogP contribution in [0.3, 0.4) is 0 Å². The Labute approximate surface area is 129 Å². The fourth-order valence-electron chi connectivity index (χ4n) is 2.33. The third kappa shape index (κ3) is 3.87. The van der Waals surface area contributed by atoms with Crippen molar-refractivity contribution in [1.29, 1.82) is 0 Å². The van der Waals surface area contributed by atoms with Crippen LogP contribution in [0.4, 0.5) is 5.82 Å². The topological polar surface area (TPSA) is 75.2 Å². The molecule has 3 rings (SSSR count). The van der Waals surface area contributed by atoms with Gasteiger partial charge in [-0.2, -0.15) is 16.9 Å². The van der Waals surface area contributed by atoms with E-state index in [1.54, 1.807) is 11.8 Å². The molecule has 1 aliphatic heterocycles. The summed E-state index contributed by atoms with van der Waals surface area (Å²) in [6.07, 6.45) is 3.78. The van der Waals surface area contributed by atoms with Gasteiger partial charge >= 0.3 is 0 Å². The minimum absolute atomic E-state index is 0.499. The van der Waals surface area contributed by atoms with Crippen molar-refractivity contribution in [2.45, 2.75) is 30.8 Å². The molecule has 1 saturated heterocycles. The number of thioether (sulfide) groups is 1. The second-order valence-electron chi connectivity index (χ2n) is 5.59. The molecule has 21 heavy (non-hydrogen) atoms. The summed E-state index contributed by atoms with van der Waals surface area (Å²) in [4.78, 5) is 1.86. The molecule has 1 atom stereocenters. The van der Waals surface area contributed by atoms with E-state index in [1.165, 1.54) is 19.1 Å². The lowest BCUT2D eigenvalue weighted by atomic mass is 10.3. The van der Waals surface area contributed by atoms with Gasteiger partial charge in [-0.15, -0.1) is 5.10 Å². The number of nitrogens with one attached hydrogen (secondary N) is 1. The average molecular weight is 328 g/mol. The molecular formula is C13H20N4O2S2. The predicted molar refractivity (Wildman–Crippen MR) is 85.2 cm³/mol. The molecule has 116 valence electrons. The third-order valence-electron chi connectivity index (χ3n) is 3.73. The molecule has 2 heterocycles. The molecule has 0 radical (unpaired) electrons. The Balaban J connectivity index is 1.71. The van der Waals surface area contributed by atoms with E-state index in [9.17, 15) is 8.42 Å². The van der Waals surface area contributed by atoms with Crippen molar-refractivity contribution in [2.24, 2.45) is 0 Å². The maximum atomic E-state index is 11.9. The first kappa shape index (κ1) is 15.1. The van der Waals surface area contributed by atoms with Crippen LogP contribution in [0.2, 0.25) is 0 Å². The zero-order valence-corrected chi connectivity index (χ0v) is 13.7. The smallest absolute Gasteiger partial charge is 0.169 e. The molecule has 2 aliphatic rings. The molecule has 1 aromatic rings. The van der Waals surface area contributed by atoms with E-state index in [2.05, 4.69) is 15.5 Å². The predicted octanol–water partition coefficient (Wildman–Crippen LogP) is 0.652. The molecule has 1 N–H and O–H groups in total. The Kier molecular flexibility index (Phi) is 4.37. The van der Waals surface area contributed by atoms with Gasteiger partial charge in [-0.25, -0.2) is 8.42 Å². The fourth-order valence-corrected chi connectivity index (χ4v) is 5.16. The average Bonchev–Trinajstić information content (AvgIpc) is 3.29. The van der Waals surface area contributed by atoms with Gasteiger partial charge in [0, 0.05) is 36.9 Å². The summed E-state index contributed by atoms with van der Waals surface area (Å²) in [6, 6.07) is 4.45. The number of sulfone groups is 1. The number of aromatic nitrogens is 2. The standard InChI is InChI=1S/C13H20N4O2S2/c1-21(18,19)13-9-20-7-6-17(13)12-5-4-11(15-16-12)8-14-10-2-3-10/h4-5,10,13-14H,2-3,6-9H2,1H3. The molecule has 0 amide bonds. The van der Waals surface area contributed by atoms with Gasteiger partial charge in [0.25, 0.3) is 0 Å². The number of hydrogen-bond acceptors (Lipinski definition) is 7. The van der Waals surface area contributed by atoms with E-state index in [-0.39, 0.29) is 0 Å². The van der Waals surface area contributed by atoms with E-state index in [1.807, 2.05) is 17.0 Å². The minimum atomic E-state index is -3.12. The van der Waals surface area contributed by atoms with Crippen molar-refractivity contribution < 1.29 is 8.42 Å². The summed E-state index contributed by atoms with van der Waals surface area (Å²) in [5, 5.41) is 11.3. The Morgan fingerprint density at radius 2 is 2.19 bits per heavy atom. The molecule has 1 saturated carbocycles. The van der Waals surface area contributed by atoms with Gasteiger partial charge in [-0.1, -0.05) is 0 Å². The lowest BCUT2D eigenvalue weighted by molar-refractivity contribution is 0.583. The van der Waals surface area contributed by atoms with Crippen LogP contribution in [0.25, 0.3) is 0 Å². The molecule has 6 nitrogen and oxygen atoms in total. The molecule has 1 unspecified atom stereocenters. The highest BCUT2D eigenvalue weighted by Crippen LogP contribution is 2.25. The quantitative estimate of drug-likeness (QED) is 0.850. The Hall–Kier alpha value is -0.860. The summed E-state index contributed by atoms with van der Waals surface area (Å²) >= 11 is 1.67. The van der Waals surface area contributed by atoms with Crippen molar-refractivity contribution in [3.63, 3.8) is 0 Å². The van der Waals surface area contributed by atoms with Crippen molar-refractivity contribution in [3.8, 4) is 0 Å². The first-order chi connectivity index (χ1) is 10.0. The van der Waals surface area contributed by atoms with E-state index in [0.29, 0.717) is 24.2 Å². The number of anilines is 1. The van der Waals surface area contributed by atoms with Crippen molar-refractivity contribution in [1.82, 2.24) is 15.5 Å². The van der Waals surface area contributed by atoms with Crippen LogP contribution in [0.15, 0.2) is 12.1 Å². The molecule has 0 bridgehead atoms. The molecule has 2 fully saturated rings. The summed E-state index contributed by atoms with van der Waals surface area (Å²) in [5.41, 5.74) is 0.896. The van der Waals surface area contributed by atoms with Crippen molar-refractivity contribution in [3.05, 3.63) is 17.8 Å². The van der Waals surface area contributed by atoms with E-state index >= 15 is 0 Å². The lowest BCUT2D eigenvalue weighted by Crippen LogP contribution is -2.47. The molecule has 0 aromatic carbocycles. The van der Waals surface area contributed by atoms with Crippen LogP contribution in [-0.2, 0) is 16.4 Å². The minimum Gasteiger partial charge on any atom is -0.337 e. The summed E-state index contributed by atoms with van der Waals surface area (Å²) in [6.45, 7) is 1.42. The highest BCUT2D eigenvalue weighted by Gasteiger charge is 2.32. The maximum absolute atomic E-state index is 11.9. The Morgan fingerprint density at radius 1 is 1.38 bits per heavy atom. The number of rotatable bonds is 5. The summed E-state index contributed by atoms with van der Waals surface area (Å²) < 4.78 is 23.8. The zero-order chi connectivity index (χ0) is 14.9. The van der Waals surface area contributed by atoms with Gasteiger partial charge in [0.05, 0.1) is 5.69 Å². The van der Waals surface area contributed by atoms with E-state index < -0.39 is 15.2 Å². The van der Waals surface area contributed by atoms with E-state index in [0.717, 1.165) is 18.0 Å². The van der Waals surface area contributed by atoms with Gasteiger partial charge in [-0.3, -0.25) is 0 Å². The van der Waals surface area contributed by atoms with Gasteiger partial charge in [0.2, 0.25) is 0 Å². The van der Waals surface area contributed by atoms with Crippen LogP contribution < -0.4 is 10.2 Å². The molecular weight excluding hydrogens is 308 g/mol. The van der Waals surface area contributed by atoms with Gasteiger partial charge in [0.15, 0.2) is 15.7 Å². The molecule has 8 heteroatoms. The van der Waals surface area contributed by atoms with E-state index in [4.69, 9.17) is 0 Å².